The third-order valence-corrected chi connectivity index (χ3v) is 4.48. The molecule has 0 aliphatic carbocycles. The molecule has 0 atom stereocenters. The van der Waals surface area contributed by atoms with Gasteiger partial charge in [-0.1, -0.05) is 6.07 Å². The number of carbonyl (C=O) groups is 2. The van der Waals surface area contributed by atoms with E-state index in [0.29, 0.717) is 13.2 Å². The molecule has 0 saturated carbocycles. The molecule has 2 heterocycles. The van der Waals surface area contributed by atoms with Gasteiger partial charge >= 0.3 is 0 Å². The predicted molar refractivity (Wildman–Crippen MR) is 86.2 cm³/mol. The van der Waals surface area contributed by atoms with Crippen LogP contribution in [0.4, 0.5) is 0 Å². The van der Waals surface area contributed by atoms with Gasteiger partial charge < -0.3 is 15.0 Å². The summed E-state index contributed by atoms with van der Waals surface area (Å²) in [6, 6.07) is 3.70. The average molecular weight is 325 g/mol. The minimum absolute atomic E-state index is 0.0134. The number of rotatable bonds is 7. The van der Waals surface area contributed by atoms with Crippen molar-refractivity contribution < 1.29 is 14.3 Å². The van der Waals surface area contributed by atoms with Crippen LogP contribution < -0.4 is 5.32 Å². The fraction of sp³-hybridized carbons (Fsp3) is 0.600. The third kappa shape index (κ3) is 5.08. The van der Waals surface area contributed by atoms with Crippen molar-refractivity contribution in [2.75, 3.05) is 52.5 Å². The molecule has 2 rings (SSSR count). The Hall–Kier alpha value is -1.44. The average Bonchev–Trinajstić information content (AvgIpc) is 3.07. The summed E-state index contributed by atoms with van der Waals surface area (Å²) in [4.78, 5) is 28.5. The van der Waals surface area contributed by atoms with Crippen molar-refractivity contribution in [3.63, 3.8) is 0 Å². The SMILES string of the molecule is CCOCC(=O)N1CCN(CCNC(=O)c2cccs2)CC1. The van der Waals surface area contributed by atoms with Crippen LogP contribution in [0.3, 0.4) is 0 Å². The summed E-state index contributed by atoms with van der Waals surface area (Å²) in [6.45, 7) is 7.20. The number of piperazine rings is 1. The zero-order valence-electron chi connectivity index (χ0n) is 12.9. The lowest BCUT2D eigenvalue weighted by Crippen LogP contribution is -2.51. The summed E-state index contributed by atoms with van der Waals surface area (Å²) in [5.74, 6) is 0.0491. The molecule has 1 saturated heterocycles. The molecule has 7 heteroatoms. The quantitative estimate of drug-likeness (QED) is 0.800. The van der Waals surface area contributed by atoms with E-state index in [1.807, 2.05) is 29.3 Å². The number of carbonyl (C=O) groups excluding carboxylic acids is 2. The first-order chi connectivity index (χ1) is 10.7. The highest BCUT2D eigenvalue weighted by Crippen LogP contribution is 2.07. The van der Waals surface area contributed by atoms with E-state index in [1.54, 1.807) is 0 Å². The standard InChI is InChI=1S/C15H23N3O3S/c1-2-21-12-14(19)18-9-7-17(8-10-18)6-5-16-15(20)13-4-3-11-22-13/h3-4,11H,2,5-10,12H2,1H3,(H,16,20). The molecule has 0 radical (unpaired) electrons. The number of hydrogen-bond acceptors (Lipinski definition) is 5. The third-order valence-electron chi connectivity index (χ3n) is 3.61. The second-order valence-corrected chi connectivity index (χ2v) is 6.04. The Morgan fingerprint density at radius 3 is 2.73 bits per heavy atom. The van der Waals surface area contributed by atoms with Crippen LogP contribution in [0.1, 0.15) is 16.6 Å². The smallest absolute Gasteiger partial charge is 0.261 e. The van der Waals surface area contributed by atoms with Gasteiger partial charge in [-0.05, 0) is 18.4 Å². The summed E-state index contributed by atoms with van der Waals surface area (Å²) in [6.07, 6.45) is 0. The van der Waals surface area contributed by atoms with Gasteiger partial charge in [-0.25, -0.2) is 0 Å². The van der Waals surface area contributed by atoms with Crippen molar-refractivity contribution in [3.05, 3.63) is 22.4 Å². The van der Waals surface area contributed by atoms with Gasteiger partial charge in [0.1, 0.15) is 6.61 Å². The Labute approximate surface area is 135 Å². The van der Waals surface area contributed by atoms with Crippen LogP contribution in [0.15, 0.2) is 17.5 Å². The second-order valence-electron chi connectivity index (χ2n) is 5.09. The zero-order valence-corrected chi connectivity index (χ0v) is 13.7. The number of amides is 2. The van der Waals surface area contributed by atoms with Crippen LogP contribution >= 0.6 is 11.3 Å². The molecular formula is C15H23N3O3S. The van der Waals surface area contributed by atoms with Crippen LogP contribution in [-0.2, 0) is 9.53 Å². The highest BCUT2D eigenvalue weighted by molar-refractivity contribution is 7.12. The first kappa shape index (κ1) is 16.9. The van der Waals surface area contributed by atoms with E-state index >= 15 is 0 Å². The van der Waals surface area contributed by atoms with Crippen molar-refractivity contribution in [3.8, 4) is 0 Å². The summed E-state index contributed by atoms with van der Waals surface area (Å²) >= 11 is 1.45. The summed E-state index contributed by atoms with van der Waals surface area (Å²) in [7, 11) is 0. The molecule has 0 unspecified atom stereocenters. The lowest BCUT2D eigenvalue weighted by Gasteiger charge is -2.34. The Kier molecular flexibility index (Phi) is 6.82. The Morgan fingerprint density at radius 1 is 1.32 bits per heavy atom. The molecule has 1 aliphatic rings. The molecular weight excluding hydrogens is 302 g/mol. The molecule has 1 aromatic heterocycles. The van der Waals surface area contributed by atoms with Gasteiger partial charge in [0.25, 0.3) is 5.91 Å². The van der Waals surface area contributed by atoms with Gasteiger partial charge in [0, 0.05) is 45.9 Å². The van der Waals surface area contributed by atoms with E-state index in [9.17, 15) is 9.59 Å². The van der Waals surface area contributed by atoms with Crippen LogP contribution in [0.5, 0.6) is 0 Å². The van der Waals surface area contributed by atoms with Gasteiger partial charge in [0.2, 0.25) is 5.91 Å². The topological polar surface area (TPSA) is 61.9 Å². The molecule has 1 aromatic rings. The Bertz CT molecular complexity index is 470. The fourth-order valence-corrected chi connectivity index (χ4v) is 2.96. The molecule has 1 fully saturated rings. The summed E-state index contributed by atoms with van der Waals surface area (Å²) in [5.41, 5.74) is 0. The fourth-order valence-electron chi connectivity index (χ4n) is 2.32. The maximum absolute atomic E-state index is 11.8. The minimum atomic E-state index is -0.0134. The number of nitrogens with zero attached hydrogens (tertiary/aromatic N) is 2. The molecule has 0 spiro atoms. The van der Waals surface area contributed by atoms with Crippen molar-refractivity contribution in [2.45, 2.75) is 6.92 Å². The number of ether oxygens (including phenoxy) is 1. The van der Waals surface area contributed by atoms with Gasteiger partial charge in [-0.15, -0.1) is 11.3 Å². The zero-order chi connectivity index (χ0) is 15.8. The number of thiophene rings is 1. The highest BCUT2D eigenvalue weighted by Gasteiger charge is 2.20. The first-order valence-electron chi connectivity index (χ1n) is 7.60. The number of hydrogen-bond donors (Lipinski definition) is 1. The van der Waals surface area contributed by atoms with Crippen molar-refractivity contribution in [2.24, 2.45) is 0 Å². The minimum Gasteiger partial charge on any atom is -0.372 e. The van der Waals surface area contributed by atoms with Crippen LogP contribution in [0.2, 0.25) is 0 Å². The molecule has 22 heavy (non-hydrogen) atoms. The highest BCUT2D eigenvalue weighted by atomic mass is 32.1. The monoisotopic (exact) mass is 325 g/mol. The van der Waals surface area contributed by atoms with Crippen LogP contribution in [0, 0.1) is 0 Å². The van der Waals surface area contributed by atoms with E-state index in [1.165, 1.54) is 11.3 Å². The number of nitrogens with one attached hydrogen (secondary N) is 1. The van der Waals surface area contributed by atoms with Gasteiger partial charge in [-0.2, -0.15) is 0 Å². The Morgan fingerprint density at radius 2 is 2.09 bits per heavy atom. The van der Waals surface area contributed by atoms with Crippen molar-refractivity contribution in [1.29, 1.82) is 0 Å². The molecule has 1 N–H and O–H groups in total. The van der Waals surface area contributed by atoms with Crippen molar-refractivity contribution >= 4 is 23.2 Å². The molecule has 122 valence electrons. The van der Waals surface area contributed by atoms with Gasteiger partial charge in [0.15, 0.2) is 0 Å². The van der Waals surface area contributed by atoms with E-state index in [-0.39, 0.29) is 18.4 Å². The van der Waals surface area contributed by atoms with Crippen LogP contribution in [-0.4, -0.2) is 74.1 Å². The van der Waals surface area contributed by atoms with E-state index in [2.05, 4.69) is 10.2 Å². The molecule has 2 amide bonds. The maximum Gasteiger partial charge on any atom is 0.261 e. The second kappa shape index (κ2) is 8.87. The molecule has 0 aromatic carbocycles. The lowest BCUT2D eigenvalue weighted by molar-refractivity contribution is -0.137. The summed E-state index contributed by atoms with van der Waals surface area (Å²) < 4.78 is 5.15. The maximum atomic E-state index is 11.8. The van der Waals surface area contributed by atoms with E-state index < -0.39 is 0 Å². The van der Waals surface area contributed by atoms with Gasteiger partial charge in [-0.3, -0.25) is 14.5 Å². The first-order valence-corrected chi connectivity index (χ1v) is 8.48. The van der Waals surface area contributed by atoms with Crippen LogP contribution in [0.25, 0.3) is 0 Å². The largest absolute Gasteiger partial charge is 0.372 e. The molecule has 1 aliphatic heterocycles. The van der Waals surface area contributed by atoms with Gasteiger partial charge in [0.05, 0.1) is 4.88 Å². The van der Waals surface area contributed by atoms with E-state index in [4.69, 9.17) is 4.74 Å². The predicted octanol–water partition coefficient (Wildman–Crippen LogP) is 0.659. The van der Waals surface area contributed by atoms with E-state index in [0.717, 1.165) is 37.6 Å². The molecule has 6 nitrogen and oxygen atoms in total. The Balaban J connectivity index is 1.61. The lowest BCUT2D eigenvalue weighted by atomic mass is 10.3. The van der Waals surface area contributed by atoms with Crippen molar-refractivity contribution in [1.82, 2.24) is 15.1 Å². The normalized spacial score (nSPS) is 15.8. The summed E-state index contributed by atoms with van der Waals surface area (Å²) in [5, 5.41) is 4.82. The molecule has 0 bridgehead atoms.